The highest BCUT2D eigenvalue weighted by atomic mass is 79.9. The van der Waals surface area contributed by atoms with Gasteiger partial charge in [-0.3, -0.25) is 4.79 Å². The predicted octanol–water partition coefficient (Wildman–Crippen LogP) is 4.37. The van der Waals surface area contributed by atoms with Crippen LogP contribution in [0.3, 0.4) is 0 Å². The van der Waals surface area contributed by atoms with Crippen LogP contribution in [0, 0.1) is 24.7 Å². The molecule has 5 nitrogen and oxygen atoms in total. The van der Waals surface area contributed by atoms with Crippen LogP contribution in [0.5, 0.6) is 0 Å². The fourth-order valence-electron chi connectivity index (χ4n) is 4.75. The zero-order valence-corrected chi connectivity index (χ0v) is 16.6. The first-order chi connectivity index (χ1) is 12.6. The highest BCUT2D eigenvalue weighted by Gasteiger charge is 2.42. The maximum absolute atomic E-state index is 13.3. The van der Waals surface area contributed by atoms with E-state index in [1.807, 2.05) is 6.92 Å². The molecule has 2 aromatic rings. The summed E-state index contributed by atoms with van der Waals surface area (Å²) in [5.41, 5.74) is -0.836. The van der Waals surface area contributed by atoms with Crippen molar-refractivity contribution in [2.75, 3.05) is 0 Å². The van der Waals surface area contributed by atoms with E-state index >= 15 is 0 Å². The highest BCUT2D eigenvalue weighted by Crippen LogP contribution is 2.49. The standard InChI is InChI=1S/C18H20BrF3N4O/c1-8-5-13(18(20,21)22)26-16(23-8)14(19)15(25-26)17(27)24-9(2)12-7-10-3-4-11(12)6-10/h5,9-12H,3-4,6-7H2,1-2H3,(H,24,27). The Morgan fingerprint density at radius 1 is 1.37 bits per heavy atom. The second kappa shape index (κ2) is 6.46. The normalized spacial score (nSPS) is 25.9. The number of carbonyl (C=O) groups is 1. The van der Waals surface area contributed by atoms with Gasteiger partial charge in [-0.1, -0.05) is 6.42 Å². The van der Waals surface area contributed by atoms with Crippen molar-refractivity contribution in [1.29, 1.82) is 0 Å². The fraction of sp³-hybridized carbons (Fsp3) is 0.611. The number of rotatable bonds is 3. The Balaban J connectivity index is 1.63. The average Bonchev–Trinajstić information content (AvgIpc) is 3.28. The van der Waals surface area contributed by atoms with Crippen LogP contribution in [-0.2, 0) is 6.18 Å². The minimum absolute atomic E-state index is 0.0138. The molecular weight excluding hydrogens is 425 g/mol. The number of alkyl halides is 3. The topological polar surface area (TPSA) is 59.3 Å². The predicted molar refractivity (Wildman–Crippen MR) is 96.3 cm³/mol. The molecule has 0 radical (unpaired) electrons. The van der Waals surface area contributed by atoms with E-state index in [2.05, 4.69) is 31.3 Å². The molecule has 2 bridgehead atoms. The van der Waals surface area contributed by atoms with Gasteiger partial charge in [-0.05, 0) is 72.9 Å². The first-order valence-electron chi connectivity index (χ1n) is 9.09. The molecule has 0 aromatic carbocycles. The van der Waals surface area contributed by atoms with E-state index in [9.17, 15) is 18.0 Å². The van der Waals surface area contributed by atoms with Gasteiger partial charge in [0.2, 0.25) is 0 Å². The molecule has 1 amide bonds. The number of nitrogens with one attached hydrogen (secondary N) is 1. The van der Waals surface area contributed by atoms with Crippen LogP contribution >= 0.6 is 15.9 Å². The summed E-state index contributed by atoms with van der Waals surface area (Å²) in [7, 11) is 0. The van der Waals surface area contributed by atoms with Crippen molar-refractivity contribution in [1.82, 2.24) is 19.9 Å². The number of hydrogen-bond acceptors (Lipinski definition) is 3. The van der Waals surface area contributed by atoms with Crippen LogP contribution in [0.4, 0.5) is 13.2 Å². The molecule has 2 aromatic heterocycles. The molecule has 9 heteroatoms. The number of fused-ring (bicyclic) bond motifs is 3. The van der Waals surface area contributed by atoms with Crippen LogP contribution in [0.25, 0.3) is 5.65 Å². The maximum atomic E-state index is 13.3. The van der Waals surface area contributed by atoms with E-state index < -0.39 is 17.8 Å². The molecule has 2 heterocycles. The molecule has 1 N–H and O–H groups in total. The summed E-state index contributed by atoms with van der Waals surface area (Å²) in [6, 6.07) is 0.882. The summed E-state index contributed by atoms with van der Waals surface area (Å²) in [6.07, 6.45) is 0.205. The van der Waals surface area contributed by atoms with Crippen molar-refractivity contribution in [3.8, 4) is 0 Å². The van der Waals surface area contributed by atoms with E-state index in [0.29, 0.717) is 16.4 Å². The summed E-state index contributed by atoms with van der Waals surface area (Å²) in [4.78, 5) is 16.8. The molecule has 2 fully saturated rings. The molecule has 0 aliphatic heterocycles. The van der Waals surface area contributed by atoms with E-state index in [1.54, 1.807) is 0 Å². The Morgan fingerprint density at radius 2 is 2.11 bits per heavy atom. The van der Waals surface area contributed by atoms with Gasteiger partial charge in [0.15, 0.2) is 11.3 Å². The number of carbonyl (C=O) groups excluding carboxylic acids is 1. The number of nitrogens with zero attached hydrogens (tertiary/aromatic N) is 3. The molecule has 27 heavy (non-hydrogen) atoms. The van der Waals surface area contributed by atoms with Crippen molar-refractivity contribution < 1.29 is 18.0 Å². The lowest BCUT2D eigenvalue weighted by atomic mass is 9.84. The van der Waals surface area contributed by atoms with Gasteiger partial charge in [0, 0.05) is 11.7 Å². The second-order valence-corrected chi connectivity index (χ2v) is 8.57. The lowest BCUT2D eigenvalue weighted by molar-refractivity contribution is -0.142. The lowest BCUT2D eigenvalue weighted by Crippen LogP contribution is -2.40. The van der Waals surface area contributed by atoms with Crippen molar-refractivity contribution in [3.05, 3.63) is 27.6 Å². The third-order valence-electron chi connectivity index (χ3n) is 5.96. The number of aromatic nitrogens is 3. The van der Waals surface area contributed by atoms with E-state index in [-0.39, 0.29) is 27.5 Å². The molecule has 4 rings (SSSR count). The zero-order chi connectivity index (χ0) is 19.5. The maximum Gasteiger partial charge on any atom is 0.433 e. The van der Waals surface area contributed by atoms with E-state index in [1.165, 1.54) is 26.2 Å². The van der Waals surface area contributed by atoms with Gasteiger partial charge in [-0.2, -0.15) is 18.3 Å². The van der Waals surface area contributed by atoms with Crippen LogP contribution < -0.4 is 5.32 Å². The Bertz CT molecular complexity index is 910. The van der Waals surface area contributed by atoms with Gasteiger partial charge in [-0.25, -0.2) is 9.50 Å². The van der Waals surface area contributed by atoms with Crippen LogP contribution in [-0.4, -0.2) is 26.5 Å². The molecule has 4 atom stereocenters. The molecular formula is C18H20BrF3N4O. The summed E-state index contributed by atoms with van der Waals surface area (Å²) in [6.45, 7) is 3.45. The van der Waals surface area contributed by atoms with Gasteiger partial charge in [-0.15, -0.1) is 0 Å². The van der Waals surface area contributed by atoms with Crippen molar-refractivity contribution >= 4 is 27.5 Å². The highest BCUT2D eigenvalue weighted by molar-refractivity contribution is 9.10. The summed E-state index contributed by atoms with van der Waals surface area (Å²) in [5.74, 6) is 1.33. The summed E-state index contributed by atoms with van der Waals surface area (Å²) in [5, 5.41) is 6.87. The van der Waals surface area contributed by atoms with Crippen LogP contribution in [0.1, 0.15) is 54.5 Å². The molecule has 0 spiro atoms. The summed E-state index contributed by atoms with van der Waals surface area (Å²) >= 11 is 3.22. The minimum atomic E-state index is -4.60. The Morgan fingerprint density at radius 3 is 2.70 bits per heavy atom. The Hall–Kier alpha value is -1.64. The van der Waals surface area contributed by atoms with Crippen molar-refractivity contribution in [3.63, 3.8) is 0 Å². The van der Waals surface area contributed by atoms with Gasteiger partial charge in [0.1, 0.15) is 5.69 Å². The first kappa shape index (κ1) is 18.7. The third-order valence-corrected chi connectivity index (χ3v) is 6.69. The molecule has 2 aliphatic carbocycles. The van der Waals surface area contributed by atoms with Crippen LogP contribution in [0.2, 0.25) is 0 Å². The Kier molecular flexibility index (Phi) is 4.48. The van der Waals surface area contributed by atoms with E-state index in [0.717, 1.165) is 18.4 Å². The first-order valence-corrected chi connectivity index (χ1v) is 9.88. The SMILES string of the molecule is Cc1cc(C(F)(F)F)n2nc(C(=O)NC(C)C3CC4CCC3C4)c(Br)c2n1. The van der Waals surface area contributed by atoms with Crippen LogP contribution in [0.15, 0.2) is 10.5 Å². The van der Waals surface area contributed by atoms with Gasteiger partial charge >= 0.3 is 6.18 Å². The van der Waals surface area contributed by atoms with Gasteiger partial charge in [0.05, 0.1) is 4.47 Å². The molecule has 2 saturated carbocycles. The van der Waals surface area contributed by atoms with E-state index in [4.69, 9.17) is 0 Å². The zero-order valence-electron chi connectivity index (χ0n) is 15.0. The largest absolute Gasteiger partial charge is 0.433 e. The van der Waals surface area contributed by atoms with Crippen molar-refractivity contribution in [2.45, 2.75) is 51.7 Å². The number of hydrogen-bond donors (Lipinski definition) is 1. The average molecular weight is 445 g/mol. The monoisotopic (exact) mass is 444 g/mol. The molecule has 4 unspecified atom stereocenters. The number of amides is 1. The van der Waals surface area contributed by atoms with Gasteiger partial charge < -0.3 is 5.32 Å². The molecule has 2 aliphatic rings. The minimum Gasteiger partial charge on any atom is -0.348 e. The quantitative estimate of drug-likeness (QED) is 0.764. The van der Waals surface area contributed by atoms with Gasteiger partial charge in [0.25, 0.3) is 5.91 Å². The fourth-order valence-corrected chi connectivity index (χ4v) is 5.26. The lowest BCUT2D eigenvalue weighted by Gasteiger charge is -2.28. The summed E-state index contributed by atoms with van der Waals surface area (Å²) < 4.78 is 40.9. The third kappa shape index (κ3) is 3.23. The van der Waals surface area contributed by atoms with Crippen molar-refractivity contribution in [2.24, 2.45) is 17.8 Å². The molecule has 0 saturated heterocycles. The number of aryl methyl sites for hydroxylation is 1. The second-order valence-electron chi connectivity index (χ2n) is 7.78. The Labute approximate surface area is 162 Å². The number of halogens is 4. The molecule has 146 valence electrons. The smallest absolute Gasteiger partial charge is 0.348 e.